The molecule has 0 saturated carbocycles. The largest absolute Gasteiger partial charge is 0.369 e. The number of carbonyl (C=O) groups is 2. The summed E-state index contributed by atoms with van der Waals surface area (Å²) in [6, 6.07) is 16.1. The monoisotopic (exact) mass is 351 g/mol. The number of thiazole rings is 1. The average molecular weight is 351 g/mol. The molecule has 0 bridgehead atoms. The molecule has 2 amide bonds. The summed E-state index contributed by atoms with van der Waals surface area (Å²) in [4.78, 5) is 29.6. The summed E-state index contributed by atoms with van der Waals surface area (Å²) < 4.78 is 1.17. The maximum absolute atomic E-state index is 12.0. The zero-order valence-electron chi connectivity index (χ0n) is 13.5. The van der Waals surface area contributed by atoms with Crippen LogP contribution in [0.15, 0.2) is 48.5 Å². The molecule has 1 aromatic heterocycles. The molecule has 25 heavy (non-hydrogen) atoms. The predicted octanol–water partition coefficient (Wildman–Crippen LogP) is 2.80. The summed E-state index contributed by atoms with van der Waals surface area (Å²) in [7, 11) is 0. The van der Waals surface area contributed by atoms with Crippen molar-refractivity contribution >= 4 is 33.4 Å². The van der Waals surface area contributed by atoms with Crippen molar-refractivity contribution in [2.45, 2.75) is 13.0 Å². The highest BCUT2D eigenvalue weighted by atomic mass is 32.1. The minimum Gasteiger partial charge on any atom is -0.369 e. The van der Waals surface area contributed by atoms with Crippen LogP contribution >= 0.6 is 11.3 Å². The molecule has 2 N–H and O–H groups in total. The highest BCUT2D eigenvalue weighted by Crippen LogP contribution is 2.30. The van der Waals surface area contributed by atoms with Gasteiger partial charge in [0, 0.05) is 25.1 Å². The molecule has 6 heteroatoms. The fourth-order valence-corrected chi connectivity index (χ4v) is 4.06. The Kier molecular flexibility index (Phi) is 3.97. The number of likely N-dealkylation sites (tertiary alicyclic amines) is 1. The van der Waals surface area contributed by atoms with Crippen molar-refractivity contribution < 1.29 is 9.59 Å². The third-order valence-corrected chi connectivity index (χ3v) is 5.57. The Balaban J connectivity index is 1.50. The van der Waals surface area contributed by atoms with E-state index in [2.05, 4.69) is 11.1 Å². The number of nitrogens with two attached hydrogens (primary N) is 1. The Morgan fingerprint density at radius 1 is 1.20 bits per heavy atom. The number of rotatable bonds is 4. The molecule has 2 heterocycles. The van der Waals surface area contributed by atoms with Gasteiger partial charge in [0.25, 0.3) is 0 Å². The van der Waals surface area contributed by atoms with Crippen molar-refractivity contribution in [2.75, 3.05) is 6.54 Å². The van der Waals surface area contributed by atoms with Gasteiger partial charge in [0.15, 0.2) is 0 Å². The number of hydrogen-bond donors (Lipinski definition) is 1. The van der Waals surface area contributed by atoms with Gasteiger partial charge in [0.1, 0.15) is 5.01 Å². The lowest BCUT2D eigenvalue weighted by molar-refractivity contribution is -0.128. The average Bonchev–Trinajstić information content (AvgIpc) is 3.20. The summed E-state index contributed by atoms with van der Waals surface area (Å²) in [5.41, 5.74) is 8.41. The number of fused-ring (bicyclic) bond motifs is 1. The van der Waals surface area contributed by atoms with Crippen LogP contribution in [-0.4, -0.2) is 28.2 Å². The van der Waals surface area contributed by atoms with E-state index in [1.807, 2.05) is 42.5 Å². The zero-order chi connectivity index (χ0) is 17.4. The summed E-state index contributed by atoms with van der Waals surface area (Å²) in [6.07, 6.45) is 0.221. The van der Waals surface area contributed by atoms with Crippen molar-refractivity contribution in [1.82, 2.24) is 9.88 Å². The highest BCUT2D eigenvalue weighted by Gasteiger charge is 2.32. The first-order valence-electron chi connectivity index (χ1n) is 8.12. The quantitative estimate of drug-likeness (QED) is 0.785. The van der Waals surface area contributed by atoms with E-state index in [0.717, 1.165) is 21.7 Å². The minimum absolute atomic E-state index is 0.0148. The molecule has 1 unspecified atom stereocenters. The van der Waals surface area contributed by atoms with Crippen LogP contribution in [0.25, 0.3) is 20.8 Å². The first kappa shape index (κ1) is 15.8. The van der Waals surface area contributed by atoms with Gasteiger partial charge in [-0.05, 0) is 17.7 Å². The van der Waals surface area contributed by atoms with E-state index in [1.165, 1.54) is 4.70 Å². The van der Waals surface area contributed by atoms with Crippen LogP contribution in [0.5, 0.6) is 0 Å². The topological polar surface area (TPSA) is 76.3 Å². The molecule has 1 saturated heterocycles. The van der Waals surface area contributed by atoms with E-state index in [1.54, 1.807) is 16.2 Å². The van der Waals surface area contributed by atoms with Gasteiger partial charge in [-0.2, -0.15) is 0 Å². The zero-order valence-corrected chi connectivity index (χ0v) is 14.3. The lowest BCUT2D eigenvalue weighted by Gasteiger charge is -2.16. The molecule has 1 fully saturated rings. The van der Waals surface area contributed by atoms with Crippen molar-refractivity contribution in [3.05, 3.63) is 54.1 Å². The van der Waals surface area contributed by atoms with Crippen molar-refractivity contribution in [3.8, 4) is 10.6 Å². The van der Waals surface area contributed by atoms with Crippen LogP contribution in [-0.2, 0) is 16.1 Å². The number of nitrogens with zero attached hydrogens (tertiary/aromatic N) is 2. The Morgan fingerprint density at radius 3 is 2.64 bits per heavy atom. The van der Waals surface area contributed by atoms with Crippen LogP contribution in [0.2, 0.25) is 0 Å². The van der Waals surface area contributed by atoms with Gasteiger partial charge in [0.05, 0.1) is 16.1 Å². The number of benzene rings is 2. The Bertz CT molecular complexity index is 916. The van der Waals surface area contributed by atoms with Crippen molar-refractivity contribution in [1.29, 1.82) is 0 Å². The van der Waals surface area contributed by atoms with Crippen molar-refractivity contribution in [3.63, 3.8) is 0 Å². The molecule has 3 aromatic rings. The van der Waals surface area contributed by atoms with Gasteiger partial charge in [-0.3, -0.25) is 9.59 Å². The SMILES string of the molecule is NC(=O)C1CC(=O)N(Cc2ccc(-c3nc4ccccc4s3)cc2)C1. The van der Waals surface area contributed by atoms with Gasteiger partial charge >= 0.3 is 0 Å². The molecular weight excluding hydrogens is 334 g/mol. The van der Waals surface area contributed by atoms with Gasteiger partial charge in [-0.1, -0.05) is 36.4 Å². The van der Waals surface area contributed by atoms with Crippen LogP contribution < -0.4 is 5.73 Å². The molecule has 5 nitrogen and oxygen atoms in total. The van der Waals surface area contributed by atoms with E-state index >= 15 is 0 Å². The fraction of sp³-hybridized carbons (Fsp3) is 0.211. The number of aromatic nitrogens is 1. The van der Waals surface area contributed by atoms with Crippen LogP contribution in [0.4, 0.5) is 0 Å². The van der Waals surface area contributed by atoms with Gasteiger partial charge in [0.2, 0.25) is 11.8 Å². The normalized spacial score (nSPS) is 17.4. The Hall–Kier alpha value is -2.73. The first-order chi connectivity index (χ1) is 12.1. The van der Waals surface area contributed by atoms with Crippen molar-refractivity contribution in [2.24, 2.45) is 11.7 Å². The molecule has 1 aliphatic rings. The van der Waals surface area contributed by atoms with Gasteiger partial charge in [-0.15, -0.1) is 11.3 Å². The molecule has 4 rings (SSSR count). The number of hydrogen-bond acceptors (Lipinski definition) is 4. The lowest BCUT2D eigenvalue weighted by atomic mass is 10.1. The molecule has 0 aliphatic carbocycles. The molecule has 0 radical (unpaired) electrons. The maximum Gasteiger partial charge on any atom is 0.223 e. The summed E-state index contributed by atoms with van der Waals surface area (Å²) in [5.74, 6) is -0.782. The molecule has 2 aromatic carbocycles. The summed E-state index contributed by atoms with van der Waals surface area (Å²) >= 11 is 1.67. The number of carbonyl (C=O) groups excluding carboxylic acids is 2. The van der Waals surface area contributed by atoms with Gasteiger partial charge in [-0.25, -0.2) is 4.98 Å². The third-order valence-electron chi connectivity index (χ3n) is 4.49. The lowest BCUT2D eigenvalue weighted by Crippen LogP contribution is -2.28. The minimum atomic E-state index is -0.401. The Morgan fingerprint density at radius 2 is 1.96 bits per heavy atom. The first-order valence-corrected chi connectivity index (χ1v) is 8.94. The molecule has 126 valence electrons. The number of amides is 2. The standard InChI is InChI=1S/C19H17N3O2S/c20-18(24)14-9-17(23)22(11-14)10-12-5-7-13(8-6-12)19-21-15-3-1-2-4-16(15)25-19/h1-8,14H,9-11H2,(H2,20,24). The van der Waals surface area contributed by atoms with E-state index in [4.69, 9.17) is 5.73 Å². The summed E-state index contributed by atoms with van der Waals surface area (Å²) in [6.45, 7) is 0.913. The van der Waals surface area contributed by atoms with Gasteiger partial charge < -0.3 is 10.6 Å². The second-order valence-corrected chi connectivity index (χ2v) is 7.29. The fourth-order valence-electron chi connectivity index (χ4n) is 3.08. The molecule has 0 spiro atoms. The third kappa shape index (κ3) is 3.13. The van der Waals surface area contributed by atoms with E-state index in [-0.39, 0.29) is 18.2 Å². The maximum atomic E-state index is 12.0. The highest BCUT2D eigenvalue weighted by molar-refractivity contribution is 7.21. The van der Waals surface area contributed by atoms with Crippen LogP contribution in [0, 0.1) is 5.92 Å². The Labute approximate surface area is 149 Å². The van der Waals surface area contributed by atoms with Crippen LogP contribution in [0.1, 0.15) is 12.0 Å². The van der Waals surface area contributed by atoms with Crippen LogP contribution in [0.3, 0.4) is 0 Å². The van der Waals surface area contributed by atoms with E-state index < -0.39 is 5.91 Å². The van der Waals surface area contributed by atoms with E-state index in [9.17, 15) is 9.59 Å². The molecule has 1 atom stereocenters. The number of para-hydroxylation sites is 1. The summed E-state index contributed by atoms with van der Waals surface area (Å²) in [5, 5.41) is 0.985. The predicted molar refractivity (Wildman–Crippen MR) is 97.8 cm³/mol. The smallest absolute Gasteiger partial charge is 0.223 e. The molecular formula is C19H17N3O2S. The number of primary amides is 1. The molecule has 1 aliphatic heterocycles. The second-order valence-electron chi connectivity index (χ2n) is 6.26. The second kappa shape index (κ2) is 6.29. The van der Waals surface area contributed by atoms with E-state index in [0.29, 0.717) is 13.1 Å².